The molecule has 0 bridgehead atoms. The Kier molecular flexibility index (Phi) is 5.28. The first-order valence-electron chi connectivity index (χ1n) is 7.37. The van der Waals surface area contributed by atoms with E-state index in [0.29, 0.717) is 0 Å². The minimum Gasteiger partial charge on any atom is -0.280 e. The van der Waals surface area contributed by atoms with Crippen LogP contribution in [0.3, 0.4) is 0 Å². The normalized spacial score (nSPS) is 12.9. The summed E-state index contributed by atoms with van der Waals surface area (Å²) >= 11 is 1.73. The molecule has 2 aromatic rings. The van der Waals surface area contributed by atoms with Crippen LogP contribution in [0, 0.1) is 0 Å². The largest absolute Gasteiger partial charge is 0.280 e. The summed E-state index contributed by atoms with van der Waals surface area (Å²) in [6.45, 7) is 8.25. The molecule has 0 fully saturated rings. The topological polar surface area (TPSA) is 17.1 Å². The monoisotopic (exact) mass is 320 g/mol. The Hall–Kier alpha value is -1.06. The van der Waals surface area contributed by atoms with Crippen LogP contribution in [0.15, 0.2) is 69.3 Å². The van der Waals surface area contributed by atoms with Crippen LogP contribution in [0.5, 0.6) is 0 Å². The van der Waals surface area contributed by atoms with Crippen molar-refractivity contribution >= 4 is 21.7 Å². The van der Waals surface area contributed by atoms with E-state index in [1.54, 1.807) is 11.8 Å². The molecule has 3 heteroatoms. The number of thiol groups is 1. The van der Waals surface area contributed by atoms with Gasteiger partial charge >= 0.3 is 0 Å². The quantitative estimate of drug-likeness (QED) is 0.778. The summed E-state index contributed by atoms with van der Waals surface area (Å²) in [6, 6.07) is 18.6. The summed E-state index contributed by atoms with van der Waals surface area (Å²) in [7, 11) is -2.33. The van der Waals surface area contributed by atoms with Crippen LogP contribution in [0.4, 0.5) is 0 Å². The van der Waals surface area contributed by atoms with Gasteiger partial charge in [0.1, 0.15) is 0 Å². The SMILES string of the molecule is CC(C)[SH](=O)(c1ccc(Sc2ccccc2)cc1)C(C)C. The average Bonchev–Trinajstić information content (AvgIpc) is 2.48. The molecule has 0 saturated heterocycles. The van der Waals surface area contributed by atoms with Crippen LogP contribution >= 0.6 is 11.8 Å². The maximum Gasteiger partial charge on any atom is 0.0152 e. The van der Waals surface area contributed by atoms with E-state index in [1.807, 2.05) is 30.3 Å². The number of hydrogen-bond acceptors (Lipinski definition) is 2. The van der Waals surface area contributed by atoms with Crippen molar-refractivity contribution in [1.29, 1.82) is 0 Å². The van der Waals surface area contributed by atoms with E-state index in [0.717, 1.165) is 4.90 Å². The molecule has 0 spiro atoms. The van der Waals surface area contributed by atoms with Crippen molar-refractivity contribution in [2.75, 3.05) is 0 Å². The van der Waals surface area contributed by atoms with Gasteiger partial charge in [0, 0.05) is 25.2 Å². The van der Waals surface area contributed by atoms with Crippen molar-refractivity contribution < 1.29 is 4.21 Å². The summed E-state index contributed by atoms with van der Waals surface area (Å²) in [6.07, 6.45) is 0. The molecule has 0 atom stereocenters. The van der Waals surface area contributed by atoms with Crippen LogP contribution in [0.1, 0.15) is 27.7 Å². The van der Waals surface area contributed by atoms with E-state index in [2.05, 4.69) is 52.0 Å². The number of benzene rings is 2. The van der Waals surface area contributed by atoms with E-state index in [1.165, 1.54) is 9.79 Å². The molecular formula is C18H24OS2. The Labute approximate surface area is 133 Å². The molecule has 0 saturated carbocycles. The number of hydrogen-bond donors (Lipinski definition) is 1. The molecule has 0 aliphatic heterocycles. The third kappa shape index (κ3) is 3.58. The van der Waals surface area contributed by atoms with E-state index < -0.39 is 9.93 Å². The lowest BCUT2D eigenvalue weighted by Gasteiger charge is -2.32. The van der Waals surface area contributed by atoms with Gasteiger partial charge in [-0.2, -0.15) is 0 Å². The molecule has 0 heterocycles. The van der Waals surface area contributed by atoms with Gasteiger partial charge in [-0.1, -0.05) is 67.6 Å². The Bertz CT molecular complexity index is 603. The second-order valence-corrected chi connectivity index (χ2v) is 11.0. The van der Waals surface area contributed by atoms with Gasteiger partial charge in [0.25, 0.3) is 0 Å². The zero-order valence-electron chi connectivity index (χ0n) is 13.1. The van der Waals surface area contributed by atoms with Crippen LogP contribution in [0.2, 0.25) is 0 Å². The molecule has 0 N–H and O–H groups in total. The van der Waals surface area contributed by atoms with Crippen LogP contribution in [-0.2, 0) is 9.93 Å². The first-order chi connectivity index (χ1) is 9.94. The molecule has 21 heavy (non-hydrogen) atoms. The standard InChI is InChI=1S/C18H24OS2/c1-14(2)21(19,15(3)4)18-12-10-17(11-13-18)20-16-8-6-5-7-9-16/h5-15,21H,1-4H3. The molecule has 0 unspecified atom stereocenters. The molecule has 0 radical (unpaired) electrons. The fourth-order valence-electron chi connectivity index (χ4n) is 2.56. The third-order valence-electron chi connectivity index (χ3n) is 3.75. The molecule has 0 aromatic heterocycles. The Morgan fingerprint density at radius 2 is 1.24 bits per heavy atom. The van der Waals surface area contributed by atoms with Gasteiger partial charge in [0.15, 0.2) is 0 Å². The molecule has 0 amide bonds. The predicted octanol–water partition coefficient (Wildman–Crippen LogP) is 5.03. The lowest BCUT2D eigenvalue weighted by atomic mass is 10.4. The van der Waals surface area contributed by atoms with Gasteiger partial charge in [-0.15, -0.1) is 0 Å². The molecule has 2 aromatic carbocycles. The summed E-state index contributed by atoms with van der Waals surface area (Å²) in [5.74, 6) is 0. The van der Waals surface area contributed by atoms with Crippen LogP contribution < -0.4 is 0 Å². The summed E-state index contributed by atoms with van der Waals surface area (Å²) in [4.78, 5) is 3.41. The minimum absolute atomic E-state index is 0.185. The van der Waals surface area contributed by atoms with E-state index in [-0.39, 0.29) is 10.5 Å². The first kappa shape index (κ1) is 16.3. The van der Waals surface area contributed by atoms with Crippen molar-refractivity contribution in [3.63, 3.8) is 0 Å². The zero-order valence-corrected chi connectivity index (χ0v) is 14.8. The van der Waals surface area contributed by atoms with Crippen molar-refractivity contribution in [1.82, 2.24) is 0 Å². The molecule has 0 aliphatic rings. The van der Waals surface area contributed by atoms with Gasteiger partial charge in [-0.05, 0) is 36.4 Å². The molecule has 1 nitrogen and oxygen atoms in total. The lowest BCUT2D eigenvalue weighted by Crippen LogP contribution is -2.32. The average molecular weight is 321 g/mol. The molecule has 0 aliphatic carbocycles. The molecular weight excluding hydrogens is 296 g/mol. The fraction of sp³-hybridized carbons (Fsp3) is 0.333. The van der Waals surface area contributed by atoms with Gasteiger partial charge in [-0.3, -0.25) is 4.21 Å². The molecule has 114 valence electrons. The highest BCUT2D eigenvalue weighted by Gasteiger charge is 2.26. The third-order valence-corrected chi connectivity index (χ3v) is 8.94. The van der Waals surface area contributed by atoms with Gasteiger partial charge in [-0.25, -0.2) is 0 Å². The predicted molar refractivity (Wildman–Crippen MR) is 95.1 cm³/mol. The first-order valence-corrected chi connectivity index (χ1v) is 10.0. The van der Waals surface area contributed by atoms with E-state index in [9.17, 15) is 4.21 Å². The van der Waals surface area contributed by atoms with Crippen molar-refractivity contribution in [3.05, 3.63) is 54.6 Å². The maximum atomic E-state index is 13.3. The summed E-state index contributed by atoms with van der Waals surface area (Å²) in [5.41, 5.74) is 0. The highest BCUT2D eigenvalue weighted by molar-refractivity contribution is 8.04. The van der Waals surface area contributed by atoms with Gasteiger partial charge in [0.2, 0.25) is 0 Å². The highest BCUT2D eigenvalue weighted by Crippen LogP contribution is 2.32. The van der Waals surface area contributed by atoms with Crippen molar-refractivity contribution in [2.45, 2.75) is 52.9 Å². The Morgan fingerprint density at radius 3 is 1.71 bits per heavy atom. The second kappa shape index (κ2) is 6.80. The minimum atomic E-state index is -2.33. The van der Waals surface area contributed by atoms with Crippen LogP contribution in [0.25, 0.3) is 0 Å². The lowest BCUT2D eigenvalue weighted by molar-refractivity contribution is 0.653. The fourth-order valence-corrected chi connectivity index (χ4v) is 6.40. The van der Waals surface area contributed by atoms with E-state index >= 15 is 0 Å². The number of rotatable bonds is 5. The van der Waals surface area contributed by atoms with Gasteiger partial charge in [0.05, 0.1) is 0 Å². The maximum absolute atomic E-state index is 13.3. The van der Waals surface area contributed by atoms with Crippen molar-refractivity contribution in [2.24, 2.45) is 0 Å². The Balaban J connectivity index is 2.24. The smallest absolute Gasteiger partial charge is 0.0152 e. The highest BCUT2D eigenvalue weighted by atomic mass is 32.2. The molecule has 2 rings (SSSR count). The zero-order chi connectivity index (χ0) is 15.5. The second-order valence-electron chi connectivity index (χ2n) is 5.81. The van der Waals surface area contributed by atoms with E-state index in [4.69, 9.17) is 0 Å². The van der Waals surface area contributed by atoms with Crippen LogP contribution in [-0.4, -0.2) is 14.7 Å². The van der Waals surface area contributed by atoms with Gasteiger partial charge < -0.3 is 0 Å². The summed E-state index contributed by atoms with van der Waals surface area (Å²) in [5, 5.41) is 0.371. The van der Waals surface area contributed by atoms with Crippen molar-refractivity contribution in [3.8, 4) is 0 Å². The summed E-state index contributed by atoms with van der Waals surface area (Å²) < 4.78 is 13.3. The Morgan fingerprint density at radius 1 is 0.762 bits per heavy atom.